The predicted molar refractivity (Wildman–Crippen MR) is 85.8 cm³/mol. The first-order valence-corrected chi connectivity index (χ1v) is 9.15. The molecule has 2 fully saturated rings. The Hall–Kier alpha value is -0.0800. The molecular formula is C18H35NO. The maximum absolute atomic E-state index is 6.46. The maximum Gasteiger partial charge on any atom is 0.0685 e. The van der Waals surface area contributed by atoms with E-state index in [4.69, 9.17) is 10.5 Å². The van der Waals surface area contributed by atoms with Gasteiger partial charge in [0.1, 0.15) is 0 Å². The van der Waals surface area contributed by atoms with Crippen LogP contribution in [0, 0.1) is 5.92 Å². The Balaban J connectivity index is 1.54. The molecule has 1 saturated carbocycles. The Morgan fingerprint density at radius 1 is 1.10 bits per heavy atom. The third-order valence-electron chi connectivity index (χ3n) is 5.54. The molecule has 2 nitrogen and oxygen atoms in total. The van der Waals surface area contributed by atoms with E-state index in [9.17, 15) is 0 Å². The van der Waals surface area contributed by atoms with Gasteiger partial charge in [-0.1, -0.05) is 51.9 Å². The Kier molecular flexibility index (Phi) is 6.83. The second kappa shape index (κ2) is 8.38. The van der Waals surface area contributed by atoms with Crippen molar-refractivity contribution in [2.75, 3.05) is 6.61 Å². The van der Waals surface area contributed by atoms with E-state index in [1.165, 1.54) is 83.5 Å². The summed E-state index contributed by atoms with van der Waals surface area (Å²) < 4.78 is 6.01. The molecule has 1 saturated heterocycles. The van der Waals surface area contributed by atoms with E-state index in [-0.39, 0.29) is 5.60 Å². The van der Waals surface area contributed by atoms with E-state index >= 15 is 0 Å². The lowest BCUT2D eigenvalue weighted by molar-refractivity contribution is -0.146. The van der Waals surface area contributed by atoms with Crippen molar-refractivity contribution in [1.82, 2.24) is 0 Å². The molecule has 1 heterocycles. The smallest absolute Gasteiger partial charge is 0.0685 e. The molecule has 1 aliphatic carbocycles. The van der Waals surface area contributed by atoms with Gasteiger partial charge in [-0.25, -0.2) is 0 Å². The fourth-order valence-corrected chi connectivity index (χ4v) is 3.92. The molecule has 118 valence electrons. The largest absolute Gasteiger partial charge is 0.375 e. The highest BCUT2D eigenvalue weighted by molar-refractivity contribution is 4.96. The van der Waals surface area contributed by atoms with Crippen molar-refractivity contribution in [3.8, 4) is 0 Å². The molecule has 0 amide bonds. The quantitative estimate of drug-likeness (QED) is 0.616. The maximum atomic E-state index is 6.46. The lowest BCUT2D eigenvalue weighted by Crippen LogP contribution is -2.49. The van der Waals surface area contributed by atoms with Gasteiger partial charge in [-0.2, -0.15) is 0 Å². The highest BCUT2D eigenvalue weighted by atomic mass is 16.5. The van der Waals surface area contributed by atoms with Crippen LogP contribution in [-0.4, -0.2) is 18.2 Å². The van der Waals surface area contributed by atoms with Gasteiger partial charge in [-0.3, -0.25) is 0 Å². The molecule has 2 atom stereocenters. The molecule has 2 unspecified atom stereocenters. The van der Waals surface area contributed by atoms with E-state index in [2.05, 4.69) is 6.92 Å². The normalized spacial score (nSPS) is 26.4. The zero-order valence-electron chi connectivity index (χ0n) is 13.5. The van der Waals surface area contributed by atoms with Gasteiger partial charge in [0.05, 0.1) is 5.60 Å². The Bertz CT molecular complexity index is 262. The van der Waals surface area contributed by atoms with Crippen molar-refractivity contribution in [2.24, 2.45) is 11.7 Å². The van der Waals surface area contributed by atoms with Crippen LogP contribution in [0.15, 0.2) is 0 Å². The van der Waals surface area contributed by atoms with Crippen molar-refractivity contribution in [3.05, 3.63) is 0 Å². The molecule has 0 bridgehead atoms. The molecule has 1 aliphatic heterocycles. The molecular weight excluding hydrogens is 246 g/mol. The minimum atomic E-state index is 0.265. The Morgan fingerprint density at radius 3 is 2.45 bits per heavy atom. The van der Waals surface area contributed by atoms with Crippen LogP contribution in [0.5, 0.6) is 0 Å². The molecule has 1 spiro atoms. The van der Waals surface area contributed by atoms with E-state index in [1.54, 1.807) is 0 Å². The Morgan fingerprint density at radius 2 is 1.80 bits per heavy atom. The number of hydrogen-bond donors (Lipinski definition) is 1. The highest BCUT2D eigenvalue weighted by Crippen LogP contribution is 2.45. The first-order valence-electron chi connectivity index (χ1n) is 9.15. The third-order valence-corrected chi connectivity index (χ3v) is 5.54. The summed E-state index contributed by atoms with van der Waals surface area (Å²) in [6, 6.07) is 0.423. The van der Waals surface area contributed by atoms with E-state index in [0.29, 0.717) is 6.04 Å². The van der Waals surface area contributed by atoms with Gasteiger partial charge in [-0.05, 0) is 44.4 Å². The topological polar surface area (TPSA) is 35.2 Å². The second-order valence-corrected chi connectivity index (χ2v) is 7.21. The first kappa shape index (κ1) is 16.3. The van der Waals surface area contributed by atoms with Gasteiger partial charge < -0.3 is 10.5 Å². The summed E-state index contributed by atoms with van der Waals surface area (Å²) >= 11 is 0. The summed E-state index contributed by atoms with van der Waals surface area (Å²) in [5.41, 5.74) is 6.72. The van der Waals surface area contributed by atoms with Crippen molar-refractivity contribution in [3.63, 3.8) is 0 Å². The molecule has 0 aromatic heterocycles. The van der Waals surface area contributed by atoms with Crippen LogP contribution in [0.3, 0.4) is 0 Å². The monoisotopic (exact) mass is 281 g/mol. The number of unbranched alkanes of at least 4 members (excludes halogenated alkanes) is 6. The molecule has 0 radical (unpaired) electrons. The number of hydrogen-bond acceptors (Lipinski definition) is 2. The van der Waals surface area contributed by atoms with Gasteiger partial charge >= 0.3 is 0 Å². The van der Waals surface area contributed by atoms with Gasteiger partial charge in [-0.15, -0.1) is 0 Å². The van der Waals surface area contributed by atoms with Crippen LogP contribution in [0.4, 0.5) is 0 Å². The molecule has 0 aromatic rings. The number of rotatable bonds is 9. The van der Waals surface area contributed by atoms with Gasteiger partial charge in [0.2, 0.25) is 0 Å². The minimum Gasteiger partial charge on any atom is -0.375 e. The van der Waals surface area contributed by atoms with Crippen molar-refractivity contribution >= 4 is 0 Å². The Labute approximate surface area is 125 Å². The van der Waals surface area contributed by atoms with E-state index in [1.807, 2.05) is 0 Å². The highest BCUT2D eigenvalue weighted by Gasteiger charge is 2.43. The lowest BCUT2D eigenvalue weighted by Gasteiger charge is -2.48. The van der Waals surface area contributed by atoms with Crippen molar-refractivity contribution in [2.45, 2.75) is 102 Å². The third kappa shape index (κ3) is 4.73. The van der Waals surface area contributed by atoms with Crippen LogP contribution in [0.25, 0.3) is 0 Å². The minimum absolute atomic E-state index is 0.265. The molecule has 2 aliphatic rings. The standard InChI is InChI=1S/C18H35NO/c1-2-3-4-5-6-7-8-10-17(19)16-11-14-20-18(15-16)12-9-13-18/h16-17H,2-15,19H2,1H3. The van der Waals surface area contributed by atoms with Crippen LogP contribution in [-0.2, 0) is 4.74 Å². The SMILES string of the molecule is CCCCCCCCCC(N)C1CCOC2(CCC2)C1. The predicted octanol–water partition coefficient (Wildman–Crippen LogP) is 4.80. The van der Waals surface area contributed by atoms with Crippen LogP contribution >= 0.6 is 0 Å². The van der Waals surface area contributed by atoms with Gasteiger partial charge in [0.15, 0.2) is 0 Å². The first-order chi connectivity index (χ1) is 9.76. The molecule has 0 aromatic carbocycles. The van der Waals surface area contributed by atoms with Gasteiger partial charge in [0, 0.05) is 12.6 Å². The molecule has 2 heteroatoms. The van der Waals surface area contributed by atoms with Gasteiger partial charge in [0.25, 0.3) is 0 Å². The fraction of sp³-hybridized carbons (Fsp3) is 1.00. The second-order valence-electron chi connectivity index (χ2n) is 7.21. The average molecular weight is 281 g/mol. The summed E-state index contributed by atoms with van der Waals surface area (Å²) in [6.07, 6.45) is 17.3. The van der Waals surface area contributed by atoms with Crippen molar-refractivity contribution < 1.29 is 4.74 Å². The zero-order chi connectivity index (χ0) is 14.3. The fourth-order valence-electron chi connectivity index (χ4n) is 3.92. The van der Waals surface area contributed by atoms with Crippen LogP contribution < -0.4 is 5.73 Å². The molecule has 20 heavy (non-hydrogen) atoms. The van der Waals surface area contributed by atoms with E-state index in [0.717, 1.165) is 12.5 Å². The van der Waals surface area contributed by atoms with E-state index < -0.39 is 0 Å². The number of nitrogens with two attached hydrogens (primary N) is 1. The summed E-state index contributed by atoms with van der Waals surface area (Å²) in [5, 5.41) is 0. The number of ether oxygens (including phenoxy) is 1. The summed E-state index contributed by atoms with van der Waals surface area (Å²) in [5.74, 6) is 0.726. The summed E-state index contributed by atoms with van der Waals surface area (Å²) in [7, 11) is 0. The molecule has 2 N–H and O–H groups in total. The average Bonchev–Trinajstić information content (AvgIpc) is 2.44. The lowest BCUT2D eigenvalue weighted by atomic mass is 9.70. The van der Waals surface area contributed by atoms with Crippen LogP contribution in [0.2, 0.25) is 0 Å². The zero-order valence-corrected chi connectivity index (χ0v) is 13.5. The molecule has 2 rings (SSSR count). The van der Waals surface area contributed by atoms with Crippen molar-refractivity contribution in [1.29, 1.82) is 0 Å². The van der Waals surface area contributed by atoms with Crippen LogP contribution in [0.1, 0.15) is 90.4 Å². The summed E-state index contributed by atoms with van der Waals surface area (Å²) in [4.78, 5) is 0. The summed E-state index contributed by atoms with van der Waals surface area (Å²) in [6.45, 7) is 3.23.